The van der Waals surface area contributed by atoms with Crippen molar-refractivity contribution in [2.45, 2.75) is 76.2 Å². The molecule has 8 N–H and O–H groups in total. The number of carbonyl (C=O) groups is 6. The van der Waals surface area contributed by atoms with Crippen LogP contribution < -0.4 is 27.0 Å². The van der Waals surface area contributed by atoms with Crippen LogP contribution in [-0.4, -0.2) is 105 Å². The molecule has 1 aromatic heterocycles. The fraction of sp³-hybridized carbons (Fsp3) is 0.516. The summed E-state index contributed by atoms with van der Waals surface area (Å²) >= 11 is 3.97. The second-order valence-electron chi connectivity index (χ2n) is 11.6. The molecule has 0 unspecified atom stereocenters. The Morgan fingerprint density at radius 3 is 2.40 bits per heavy atom. The summed E-state index contributed by atoms with van der Waals surface area (Å²) in [6.07, 6.45) is 4.34. The first kappa shape index (κ1) is 37.0. The highest BCUT2D eigenvalue weighted by atomic mass is 32.1. The van der Waals surface area contributed by atoms with Crippen LogP contribution in [-0.2, 0) is 41.6 Å². The van der Waals surface area contributed by atoms with Crippen molar-refractivity contribution in [2.75, 3.05) is 18.8 Å². The van der Waals surface area contributed by atoms with Gasteiger partial charge in [0.25, 0.3) is 0 Å². The number of benzene rings is 1. The van der Waals surface area contributed by atoms with Crippen LogP contribution in [0, 0.1) is 5.92 Å². The fourth-order valence-corrected chi connectivity index (χ4v) is 5.37. The van der Waals surface area contributed by atoms with Crippen molar-refractivity contribution >= 4 is 48.1 Å². The SMILES string of the molecule is CC[C@H](C)[C@H](NC(=O)CNC(=O)[C@@H](N)CS)C(=O)N[C@@H](Cc1cnc[nH]1)C(=O)N1CCC[C@H]1C(=O)N[C@@H](Cc1ccccc1)C(=O)O. The average molecular weight is 673 g/mol. The van der Waals surface area contributed by atoms with Gasteiger partial charge in [-0.15, -0.1) is 0 Å². The molecular weight excluding hydrogens is 628 g/mol. The fourth-order valence-electron chi connectivity index (χ4n) is 5.21. The predicted octanol–water partition coefficient (Wildman–Crippen LogP) is -0.856. The van der Waals surface area contributed by atoms with E-state index in [0.29, 0.717) is 25.0 Å². The van der Waals surface area contributed by atoms with Crippen molar-refractivity contribution in [1.29, 1.82) is 0 Å². The third-order valence-electron chi connectivity index (χ3n) is 8.10. The molecule has 0 spiro atoms. The van der Waals surface area contributed by atoms with E-state index >= 15 is 0 Å². The van der Waals surface area contributed by atoms with Gasteiger partial charge in [0.05, 0.1) is 18.9 Å². The number of carboxylic acid groups (broad SMARTS) is 1. The Balaban J connectivity index is 1.75. The third-order valence-corrected chi connectivity index (χ3v) is 8.49. The smallest absolute Gasteiger partial charge is 0.326 e. The molecule has 16 heteroatoms. The van der Waals surface area contributed by atoms with Gasteiger partial charge in [-0.1, -0.05) is 50.6 Å². The second kappa shape index (κ2) is 18.0. The van der Waals surface area contributed by atoms with Crippen molar-refractivity contribution in [3.8, 4) is 0 Å². The number of aliphatic carboxylic acids is 1. The molecule has 0 bridgehead atoms. The van der Waals surface area contributed by atoms with Crippen LogP contribution in [0.5, 0.6) is 0 Å². The Bertz CT molecular complexity index is 1380. The van der Waals surface area contributed by atoms with E-state index in [1.807, 2.05) is 6.92 Å². The molecule has 15 nitrogen and oxygen atoms in total. The number of amides is 5. The number of carboxylic acids is 1. The predicted molar refractivity (Wildman–Crippen MR) is 175 cm³/mol. The number of nitrogens with zero attached hydrogens (tertiary/aromatic N) is 2. The largest absolute Gasteiger partial charge is 0.480 e. The van der Waals surface area contributed by atoms with E-state index in [4.69, 9.17) is 5.73 Å². The minimum Gasteiger partial charge on any atom is -0.480 e. The first-order valence-corrected chi connectivity index (χ1v) is 16.2. The van der Waals surface area contributed by atoms with E-state index in [0.717, 1.165) is 5.56 Å². The summed E-state index contributed by atoms with van der Waals surface area (Å²) in [5.41, 5.74) is 6.91. The third kappa shape index (κ3) is 10.8. The van der Waals surface area contributed by atoms with E-state index < -0.39 is 72.3 Å². The number of hydrogen-bond donors (Lipinski definition) is 8. The standard InChI is InChI=1S/C31H44N8O7S/c1-3-18(2)26(38-25(40)15-34-27(41)21(32)16-47)29(43)36-22(13-20-14-33-17-35-20)30(44)39-11-7-10-24(39)28(42)37-23(31(45)46)12-19-8-5-4-6-9-19/h4-6,8-9,14,17-18,21-24,26,47H,3,7,10-13,15-16,32H2,1-2H3,(H,33,35)(H,34,41)(H,36,43)(H,37,42)(H,38,40)(H,45,46)/t18-,21-,22-,23-,24-,26-/m0/s1. The molecule has 1 fully saturated rings. The van der Waals surface area contributed by atoms with Gasteiger partial charge in [-0.25, -0.2) is 9.78 Å². The lowest BCUT2D eigenvalue weighted by atomic mass is 9.97. The van der Waals surface area contributed by atoms with Crippen LogP contribution in [0.2, 0.25) is 0 Å². The van der Waals surface area contributed by atoms with E-state index in [1.165, 1.54) is 17.4 Å². The molecule has 5 amide bonds. The Labute approximate surface area is 278 Å². The zero-order valence-electron chi connectivity index (χ0n) is 26.5. The van der Waals surface area contributed by atoms with Crippen molar-refractivity contribution in [1.82, 2.24) is 36.1 Å². The summed E-state index contributed by atoms with van der Waals surface area (Å²) < 4.78 is 0. The van der Waals surface area contributed by atoms with Crippen LogP contribution in [0.4, 0.5) is 0 Å². The Morgan fingerprint density at radius 2 is 1.79 bits per heavy atom. The number of likely N-dealkylation sites (tertiary alicyclic amines) is 1. The maximum atomic E-state index is 14.0. The van der Waals surface area contributed by atoms with Gasteiger partial charge in [-0.05, 0) is 24.3 Å². The summed E-state index contributed by atoms with van der Waals surface area (Å²) in [6.45, 7) is 3.42. The number of rotatable bonds is 17. The Hall–Kier alpha value is -4.44. The van der Waals surface area contributed by atoms with E-state index in [2.05, 4.69) is 43.9 Å². The molecule has 6 atom stereocenters. The normalized spacial score (nSPS) is 17.4. The van der Waals surface area contributed by atoms with Gasteiger partial charge in [0, 0.05) is 37.0 Å². The summed E-state index contributed by atoms with van der Waals surface area (Å²) in [5.74, 6) is -4.42. The van der Waals surface area contributed by atoms with Crippen LogP contribution in [0.15, 0.2) is 42.9 Å². The second-order valence-corrected chi connectivity index (χ2v) is 11.9. The summed E-state index contributed by atoms with van der Waals surface area (Å²) in [7, 11) is 0. The zero-order valence-corrected chi connectivity index (χ0v) is 27.4. The number of hydrogen-bond acceptors (Lipinski definition) is 9. The van der Waals surface area contributed by atoms with Gasteiger partial charge >= 0.3 is 5.97 Å². The van der Waals surface area contributed by atoms with E-state index in [1.54, 1.807) is 37.3 Å². The van der Waals surface area contributed by atoms with Crippen molar-refractivity contribution < 1.29 is 33.9 Å². The molecule has 2 aromatic rings. The number of thiol groups is 1. The molecule has 0 aliphatic carbocycles. The van der Waals surface area contributed by atoms with Crippen LogP contribution in [0.3, 0.4) is 0 Å². The molecule has 1 aliphatic rings. The van der Waals surface area contributed by atoms with Gasteiger partial charge in [-0.2, -0.15) is 12.6 Å². The maximum absolute atomic E-state index is 14.0. The van der Waals surface area contributed by atoms with Gasteiger partial charge < -0.3 is 42.0 Å². The van der Waals surface area contributed by atoms with Gasteiger partial charge in [0.15, 0.2) is 0 Å². The molecule has 47 heavy (non-hydrogen) atoms. The molecular formula is C31H44N8O7S. The minimum atomic E-state index is -1.21. The minimum absolute atomic E-state index is 0.0139. The lowest BCUT2D eigenvalue weighted by Gasteiger charge is -2.31. The van der Waals surface area contributed by atoms with Crippen molar-refractivity contribution in [3.63, 3.8) is 0 Å². The van der Waals surface area contributed by atoms with E-state index in [9.17, 15) is 33.9 Å². The van der Waals surface area contributed by atoms with Gasteiger partial charge in [-0.3, -0.25) is 24.0 Å². The van der Waals surface area contributed by atoms with Crippen LogP contribution in [0.25, 0.3) is 0 Å². The summed E-state index contributed by atoms with van der Waals surface area (Å²) in [4.78, 5) is 86.0. The summed E-state index contributed by atoms with van der Waals surface area (Å²) in [5, 5.41) is 20.2. The number of aromatic amines is 1. The highest BCUT2D eigenvalue weighted by Crippen LogP contribution is 2.20. The lowest BCUT2D eigenvalue weighted by molar-refractivity contribution is -0.145. The molecule has 3 rings (SSSR count). The highest BCUT2D eigenvalue weighted by molar-refractivity contribution is 7.80. The molecule has 2 heterocycles. The van der Waals surface area contributed by atoms with Gasteiger partial charge in [0.2, 0.25) is 29.5 Å². The molecule has 1 aromatic carbocycles. The Morgan fingerprint density at radius 1 is 1.06 bits per heavy atom. The zero-order chi connectivity index (χ0) is 34.5. The number of nitrogens with one attached hydrogen (secondary N) is 5. The number of nitrogens with two attached hydrogens (primary N) is 1. The Kier molecular flexibility index (Phi) is 14.2. The first-order chi connectivity index (χ1) is 22.4. The first-order valence-electron chi connectivity index (χ1n) is 15.5. The average Bonchev–Trinajstić information content (AvgIpc) is 3.77. The molecule has 256 valence electrons. The molecule has 0 radical (unpaired) electrons. The number of carbonyl (C=O) groups excluding carboxylic acids is 5. The molecule has 1 aliphatic heterocycles. The van der Waals surface area contributed by atoms with Crippen LogP contribution >= 0.6 is 12.6 Å². The number of H-pyrrole nitrogens is 1. The molecule has 1 saturated heterocycles. The lowest BCUT2D eigenvalue weighted by Crippen LogP contribution is -2.59. The van der Waals surface area contributed by atoms with Crippen molar-refractivity contribution in [3.05, 3.63) is 54.1 Å². The molecule has 0 saturated carbocycles. The topological polar surface area (TPSA) is 229 Å². The monoisotopic (exact) mass is 672 g/mol. The number of imidazole rings is 1. The highest BCUT2D eigenvalue weighted by Gasteiger charge is 2.40. The van der Waals surface area contributed by atoms with Crippen LogP contribution in [0.1, 0.15) is 44.4 Å². The maximum Gasteiger partial charge on any atom is 0.326 e. The quantitative estimate of drug-likeness (QED) is 0.0977. The van der Waals surface area contributed by atoms with Gasteiger partial charge in [0.1, 0.15) is 24.2 Å². The number of aromatic nitrogens is 2. The summed E-state index contributed by atoms with van der Waals surface area (Å²) in [6, 6.07) is 3.64. The van der Waals surface area contributed by atoms with Crippen molar-refractivity contribution in [2.24, 2.45) is 11.7 Å². The van der Waals surface area contributed by atoms with E-state index in [-0.39, 0.29) is 31.1 Å².